The highest BCUT2D eigenvalue weighted by molar-refractivity contribution is 5.83. The summed E-state index contributed by atoms with van der Waals surface area (Å²) >= 11 is 0. The molecule has 0 aliphatic heterocycles. The van der Waals surface area contributed by atoms with Crippen molar-refractivity contribution in [3.05, 3.63) is 65.0 Å². The lowest BCUT2D eigenvalue weighted by Crippen LogP contribution is -2.40. The Balaban J connectivity index is 2.37. The second kappa shape index (κ2) is 6.02. The maximum absolute atomic E-state index is 12.9. The first kappa shape index (κ1) is 14.9. The lowest BCUT2D eigenvalue weighted by atomic mass is 10.1. The number of amides is 1. The number of hydrogen-bond donors (Lipinski definition) is 2. The van der Waals surface area contributed by atoms with E-state index in [4.69, 9.17) is 5.84 Å². The number of aromatic nitrogens is 2. The predicted molar refractivity (Wildman–Crippen MR) is 88.5 cm³/mol. The van der Waals surface area contributed by atoms with Crippen molar-refractivity contribution in [2.24, 2.45) is 5.84 Å². The van der Waals surface area contributed by atoms with Gasteiger partial charge >= 0.3 is 0 Å². The van der Waals surface area contributed by atoms with E-state index in [9.17, 15) is 9.59 Å². The summed E-state index contributed by atoms with van der Waals surface area (Å²) in [6.07, 6.45) is 0. The molecule has 3 aromatic rings. The van der Waals surface area contributed by atoms with Crippen LogP contribution in [0.1, 0.15) is 13.0 Å². The summed E-state index contributed by atoms with van der Waals surface area (Å²) in [6, 6.07) is 15.6. The van der Waals surface area contributed by atoms with Gasteiger partial charge in [-0.2, -0.15) is 0 Å². The molecule has 0 saturated carbocycles. The molecular formula is C17H16N4O2. The van der Waals surface area contributed by atoms with Crippen LogP contribution >= 0.6 is 0 Å². The van der Waals surface area contributed by atoms with Crippen molar-refractivity contribution < 1.29 is 4.79 Å². The fourth-order valence-electron chi connectivity index (χ4n) is 2.53. The van der Waals surface area contributed by atoms with Crippen LogP contribution in [0, 0.1) is 0 Å². The van der Waals surface area contributed by atoms with E-state index >= 15 is 0 Å². The number of hydrazine groups is 1. The SMILES string of the molecule is C[C@@H](C(=O)NN)n1c(-c2ccccc2)nc2ccccc2c1=O. The summed E-state index contributed by atoms with van der Waals surface area (Å²) in [5.74, 6) is 5.20. The van der Waals surface area contributed by atoms with Crippen molar-refractivity contribution in [3.8, 4) is 11.4 Å². The third-order valence-electron chi connectivity index (χ3n) is 3.75. The molecule has 0 aliphatic rings. The molecule has 0 spiro atoms. The average Bonchev–Trinajstić information content (AvgIpc) is 2.61. The Morgan fingerprint density at radius 2 is 1.78 bits per heavy atom. The second-order valence-corrected chi connectivity index (χ2v) is 5.18. The van der Waals surface area contributed by atoms with Gasteiger partial charge in [-0.15, -0.1) is 0 Å². The van der Waals surface area contributed by atoms with Gasteiger partial charge in [0.25, 0.3) is 11.5 Å². The highest BCUT2D eigenvalue weighted by Crippen LogP contribution is 2.21. The van der Waals surface area contributed by atoms with E-state index < -0.39 is 11.9 Å². The Morgan fingerprint density at radius 3 is 2.48 bits per heavy atom. The summed E-state index contributed by atoms with van der Waals surface area (Å²) in [7, 11) is 0. The molecule has 3 rings (SSSR count). The van der Waals surface area contributed by atoms with Gasteiger partial charge in [-0.05, 0) is 19.1 Å². The van der Waals surface area contributed by atoms with Gasteiger partial charge < -0.3 is 0 Å². The van der Waals surface area contributed by atoms with Crippen LogP contribution in [0.25, 0.3) is 22.3 Å². The van der Waals surface area contributed by atoms with Crippen molar-refractivity contribution in [3.63, 3.8) is 0 Å². The molecule has 2 aromatic carbocycles. The van der Waals surface area contributed by atoms with E-state index in [1.807, 2.05) is 36.4 Å². The Morgan fingerprint density at radius 1 is 1.13 bits per heavy atom. The van der Waals surface area contributed by atoms with Crippen molar-refractivity contribution >= 4 is 16.8 Å². The third-order valence-corrected chi connectivity index (χ3v) is 3.75. The van der Waals surface area contributed by atoms with Crippen LogP contribution in [0.15, 0.2) is 59.4 Å². The first-order valence-electron chi connectivity index (χ1n) is 7.20. The molecule has 1 amide bonds. The van der Waals surface area contributed by atoms with E-state index in [-0.39, 0.29) is 5.56 Å². The number of hydrogen-bond acceptors (Lipinski definition) is 4. The number of benzene rings is 2. The van der Waals surface area contributed by atoms with Crippen LogP contribution in [0.2, 0.25) is 0 Å². The van der Waals surface area contributed by atoms with Crippen molar-refractivity contribution in [2.45, 2.75) is 13.0 Å². The second-order valence-electron chi connectivity index (χ2n) is 5.18. The summed E-state index contributed by atoms with van der Waals surface area (Å²) in [4.78, 5) is 29.4. The van der Waals surface area contributed by atoms with Gasteiger partial charge in [0.05, 0.1) is 10.9 Å². The zero-order valence-electron chi connectivity index (χ0n) is 12.6. The molecule has 0 fully saturated rings. The first-order valence-corrected chi connectivity index (χ1v) is 7.20. The molecule has 116 valence electrons. The van der Waals surface area contributed by atoms with Crippen molar-refractivity contribution in [2.75, 3.05) is 0 Å². The number of carbonyl (C=O) groups excluding carboxylic acids is 1. The van der Waals surface area contributed by atoms with Gasteiger partial charge in [0.15, 0.2) is 0 Å². The standard InChI is InChI=1S/C17H16N4O2/c1-11(16(22)20-18)21-15(12-7-3-2-4-8-12)19-14-10-6-5-9-13(14)17(21)23/h2-11H,18H2,1H3,(H,20,22)/t11-/m0/s1. The molecule has 0 aliphatic carbocycles. The average molecular weight is 308 g/mol. The number of nitrogens with one attached hydrogen (secondary N) is 1. The van der Waals surface area contributed by atoms with E-state index in [1.54, 1.807) is 25.1 Å². The minimum absolute atomic E-state index is 0.273. The molecule has 1 heterocycles. The van der Waals surface area contributed by atoms with Gasteiger partial charge in [0, 0.05) is 5.56 Å². The summed E-state index contributed by atoms with van der Waals surface area (Å²) < 4.78 is 1.37. The van der Waals surface area contributed by atoms with Gasteiger partial charge in [0.1, 0.15) is 11.9 Å². The minimum atomic E-state index is -0.778. The maximum Gasteiger partial charge on any atom is 0.262 e. The Labute approximate surface area is 132 Å². The van der Waals surface area contributed by atoms with Gasteiger partial charge in [-0.1, -0.05) is 42.5 Å². The predicted octanol–water partition coefficient (Wildman–Crippen LogP) is 1.61. The van der Waals surface area contributed by atoms with Crippen LogP contribution < -0.4 is 16.8 Å². The van der Waals surface area contributed by atoms with Crippen LogP contribution in [0.5, 0.6) is 0 Å². The van der Waals surface area contributed by atoms with E-state index in [2.05, 4.69) is 10.4 Å². The summed E-state index contributed by atoms with van der Waals surface area (Å²) in [5.41, 5.74) is 3.17. The van der Waals surface area contributed by atoms with Crippen molar-refractivity contribution in [1.29, 1.82) is 0 Å². The normalized spacial score (nSPS) is 12.1. The molecule has 0 bridgehead atoms. The minimum Gasteiger partial charge on any atom is -0.292 e. The van der Waals surface area contributed by atoms with Gasteiger partial charge in [0.2, 0.25) is 0 Å². The molecule has 1 atom stereocenters. The van der Waals surface area contributed by atoms with Crippen LogP contribution in [-0.4, -0.2) is 15.5 Å². The largest absolute Gasteiger partial charge is 0.292 e. The topological polar surface area (TPSA) is 90.0 Å². The van der Waals surface area contributed by atoms with Crippen LogP contribution in [0.3, 0.4) is 0 Å². The smallest absolute Gasteiger partial charge is 0.262 e. The molecule has 23 heavy (non-hydrogen) atoms. The number of carbonyl (C=O) groups is 1. The summed E-state index contributed by atoms with van der Waals surface area (Å²) in [5, 5.41) is 0.462. The number of fused-ring (bicyclic) bond motifs is 1. The fourth-order valence-corrected chi connectivity index (χ4v) is 2.53. The molecule has 6 nitrogen and oxygen atoms in total. The number of nitrogens with zero attached hydrogens (tertiary/aromatic N) is 2. The maximum atomic E-state index is 12.9. The Bertz CT molecular complexity index is 919. The van der Waals surface area contributed by atoms with E-state index in [0.717, 1.165) is 5.56 Å². The highest BCUT2D eigenvalue weighted by atomic mass is 16.2. The van der Waals surface area contributed by atoms with E-state index in [1.165, 1.54) is 4.57 Å². The Hall–Kier alpha value is -2.99. The highest BCUT2D eigenvalue weighted by Gasteiger charge is 2.21. The monoisotopic (exact) mass is 308 g/mol. The lowest BCUT2D eigenvalue weighted by molar-refractivity contribution is -0.123. The summed E-state index contributed by atoms with van der Waals surface area (Å²) in [6.45, 7) is 1.62. The third kappa shape index (κ3) is 2.60. The molecule has 1 aromatic heterocycles. The Kier molecular flexibility index (Phi) is 3.91. The molecule has 0 unspecified atom stereocenters. The molecule has 6 heteroatoms. The van der Waals surface area contributed by atoms with E-state index in [0.29, 0.717) is 16.7 Å². The van der Waals surface area contributed by atoms with Crippen molar-refractivity contribution in [1.82, 2.24) is 15.0 Å². The van der Waals surface area contributed by atoms with Crippen LogP contribution in [-0.2, 0) is 4.79 Å². The number of rotatable bonds is 3. The molecule has 3 N–H and O–H groups in total. The first-order chi connectivity index (χ1) is 11.1. The zero-order chi connectivity index (χ0) is 16.4. The number of para-hydroxylation sites is 1. The van der Waals surface area contributed by atoms with Gasteiger partial charge in [-0.25, -0.2) is 10.8 Å². The zero-order valence-corrected chi connectivity index (χ0v) is 12.6. The molecule has 0 radical (unpaired) electrons. The van der Waals surface area contributed by atoms with Crippen LogP contribution in [0.4, 0.5) is 0 Å². The van der Waals surface area contributed by atoms with Gasteiger partial charge in [-0.3, -0.25) is 19.6 Å². The number of nitrogens with two attached hydrogens (primary N) is 1. The quantitative estimate of drug-likeness (QED) is 0.437. The fraction of sp³-hybridized carbons (Fsp3) is 0.118. The lowest BCUT2D eigenvalue weighted by Gasteiger charge is -2.18. The molecular weight excluding hydrogens is 292 g/mol. The molecule has 0 saturated heterocycles.